The summed E-state index contributed by atoms with van der Waals surface area (Å²) in [4.78, 5) is 13.0. The number of halogens is 3. The molecule has 2 aromatic rings. The number of nitrogens with one attached hydrogen (secondary N) is 1. The maximum absolute atomic E-state index is 12.7. The number of aromatic nitrogens is 3. The summed E-state index contributed by atoms with van der Waals surface area (Å²) in [5, 5.41) is 10.2. The van der Waals surface area contributed by atoms with Crippen molar-refractivity contribution in [2.75, 3.05) is 18.0 Å². The molecule has 3 rings (SSSR count). The second kappa shape index (κ2) is 5.18. The van der Waals surface area contributed by atoms with Crippen LogP contribution in [0.1, 0.15) is 12.8 Å². The second-order valence-electron chi connectivity index (χ2n) is 5.27. The van der Waals surface area contributed by atoms with Gasteiger partial charge in [0.15, 0.2) is 6.10 Å². The topological polar surface area (TPSA) is 65.0 Å². The zero-order valence-corrected chi connectivity index (χ0v) is 11.1. The van der Waals surface area contributed by atoms with Crippen LogP contribution < -0.4 is 4.90 Å². The summed E-state index contributed by atoms with van der Waals surface area (Å²) in [6.07, 6.45) is -2.81. The van der Waals surface area contributed by atoms with Crippen LogP contribution in [0.4, 0.5) is 19.0 Å². The lowest BCUT2D eigenvalue weighted by Crippen LogP contribution is -2.46. The number of alkyl halides is 3. The predicted molar refractivity (Wildman–Crippen MR) is 70.9 cm³/mol. The Morgan fingerprint density at radius 1 is 1.38 bits per heavy atom. The minimum absolute atomic E-state index is 0.137. The lowest BCUT2D eigenvalue weighted by molar-refractivity contribution is -0.219. The number of aliphatic hydroxyl groups excluding tert-OH is 1. The molecule has 1 fully saturated rings. The summed E-state index contributed by atoms with van der Waals surface area (Å²) in [6.45, 7) is 0.760. The second-order valence-corrected chi connectivity index (χ2v) is 5.27. The summed E-state index contributed by atoms with van der Waals surface area (Å²) >= 11 is 0. The van der Waals surface area contributed by atoms with Crippen LogP contribution in [0.2, 0.25) is 0 Å². The number of aliphatic hydroxyl groups is 1. The summed E-state index contributed by atoms with van der Waals surface area (Å²) in [5.41, 5.74) is 0.651. The van der Waals surface area contributed by atoms with Crippen LogP contribution in [-0.4, -0.2) is 45.4 Å². The number of H-pyrrole nitrogens is 1. The van der Waals surface area contributed by atoms with E-state index >= 15 is 0 Å². The number of hydrogen-bond donors (Lipinski definition) is 2. The standard InChI is InChI=1S/C13H15F3N4O/c14-13(15,16)10(21)8-2-1-5-20(6-8)12-9-3-4-17-11(9)18-7-19-12/h3-4,7-8,10,21H,1-2,5-6H2,(H,17,18,19). The Hall–Kier alpha value is -1.83. The number of fused-ring (bicyclic) bond motifs is 1. The molecule has 0 radical (unpaired) electrons. The molecule has 3 heterocycles. The van der Waals surface area contributed by atoms with E-state index in [-0.39, 0.29) is 6.54 Å². The van der Waals surface area contributed by atoms with Crippen molar-refractivity contribution >= 4 is 16.9 Å². The number of piperidine rings is 1. The van der Waals surface area contributed by atoms with E-state index in [0.29, 0.717) is 30.9 Å². The molecule has 1 aliphatic rings. The highest BCUT2D eigenvalue weighted by molar-refractivity contribution is 5.87. The van der Waals surface area contributed by atoms with Crippen molar-refractivity contribution in [3.8, 4) is 0 Å². The third-order valence-electron chi connectivity index (χ3n) is 3.87. The molecular weight excluding hydrogens is 285 g/mol. The maximum Gasteiger partial charge on any atom is 0.414 e. The summed E-state index contributed by atoms with van der Waals surface area (Å²) in [5.74, 6) is -0.219. The van der Waals surface area contributed by atoms with Crippen LogP contribution in [0.15, 0.2) is 18.6 Å². The van der Waals surface area contributed by atoms with Crippen LogP contribution in [0.3, 0.4) is 0 Å². The molecule has 0 saturated carbocycles. The van der Waals surface area contributed by atoms with Gasteiger partial charge in [-0.15, -0.1) is 0 Å². The lowest BCUT2D eigenvalue weighted by Gasteiger charge is -2.36. The van der Waals surface area contributed by atoms with Gasteiger partial charge in [0.25, 0.3) is 0 Å². The van der Waals surface area contributed by atoms with Crippen LogP contribution in [-0.2, 0) is 0 Å². The Morgan fingerprint density at radius 3 is 2.95 bits per heavy atom. The largest absolute Gasteiger partial charge is 0.414 e. The Bertz CT molecular complexity index is 627. The first-order valence-electron chi connectivity index (χ1n) is 6.74. The molecule has 8 heteroatoms. The molecule has 0 bridgehead atoms. The predicted octanol–water partition coefficient (Wildman–Crippen LogP) is 2.10. The van der Waals surface area contributed by atoms with E-state index in [0.717, 1.165) is 5.39 Å². The third kappa shape index (κ3) is 2.67. The van der Waals surface area contributed by atoms with Crippen molar-refractivity contribution in [2.24, 2.45) is 5.92 Å². The van der Waals surface area contributed by atoms with E-state index in [9.17, 15) is 18.3 Å². The van der Waals surface area contributed by atoms with E-state index in [1.165, 1.54) is 6.33 Å². The molecular formula is C13H15F3N4O. The number of aromatic amines is 1. The van der Waals surface area contributed by atoms with Crippen LogP contribution in [0.5, 0.6) is 0 Å². The minimum Gasteiger partial charge on any atom is -0.383 e. The van der Waals surface area contributed by atoms with Gasteiger partial charge >= 0.3 is 6.18 Å². The fraction of sp³-hybridized carbons (Fsp3) is 0.538. The highest BCUT2D eigenvalue weighted by Gasteiger charge is 2.44. The monoisotopic (exact) mass is 300 g/mol. The Balaban J connectivity index is 1.85. The normalized spacial score (nSPS) is 21.7. The van der Waals surface area contributed by atoms with E-state index in [1.54, 1.807) is 17.2 Å². The van der Waals surface area contributed by atoms with Crippen molar-refractivity contribution in [3.63, 3.8) is 0 Å². The van der Waals surface area contributed by atoms with Gasteiger partial charge in [-0.1, -0.05) is 0 Å². The number of rotatable bonds is 2. The number of hydrogen-bond acceptors (Lipinski definition) is 4. The molecule has 5 nitrogen and oxygen atoms in total. The molecule has 1 aliphatic heterocycles. The first-order chi connectivity index (χ1) is 9.97. The average molecular weight is 300 g/mol. The van der Waals surface area contributed by atoms with Gasteiger partial charge in [0.2, 0.25) is 0 Å². The van der Waals surface area contributed by atoms with Crippen molar-refractivity contribution < 1.29 is 18.3 Å². The van der Waals surface area contributed by atoms with Gasteiger partial charge in [-0.3, -0.25) is 0 Å². The third-order valence-corrected chi connectivity index (χ3v) is 3.87. The van der Waals surface area contributed by atoms with E-state index in [2.05, 4.69) is 15.0 Å². The van der Waals surface area contributed by atoms with Crippen LogP contribution >= 0.6 is 0 Å². The molecule has 0 aliphatic carbocycles. The van der Waals surface area contributed by atoms with Crippen LogP contribution in [0.25, 0.3) is 11.0 Å². The molecule has 21 heavy (non-hydrogen) atoms. The van der Waals surface area contributed by atoms with Crippen molar-refractivity contribution in [1.29, 1.82) is 0 Å². The van der Waals surface area contributed by atoms with E-state index in [4.69, 9.17) is 0 Å². The fourth-order valence-electron chi connectivity index (χ4n) is 2.84. The van der Waals surface area contributed by atoms with Gasteiger partial charge in [0, 0.05) is 25.2 Å². The van der Waals surface area contributed by atoms with Crippen LogP contribution in [0, 0.1) is 5.92 Å². The zero-order valence-electron chi connectivity index (χ0n) is 11.1. The molecule has 0 amide bonds. The maximum atomic E-state index is 12.7. The molecule has 0 spiro atoms. The molecule has 114 valence electrons. The van der Waals surface area contributed by atoms with Gasteiger partial charge in [-0.2, -0.15) is 13.2 Å². The summed E-state index contributed by atoms with van der Waals surface area (Å²) in [6, 6.07) is 1.80. The minimum atomic E-state index is -4.58. The van der Waals surface area contributed by atoms with Crippen molar-refractivity contribution in [1.82, 2.24) is 15.0 Å². The van der Waals surface area contributed by atoms with Gasteiger partial charge in [-0.05, 0) is 18.9 Å². The number of nitrogens with zero attached hydrogens (tertiary/aromatic N) is 3. The van der Waals surface area contributed by atoms with Gasteiger partial charge < -0.3 is 15.0 Å². The van der Waals surface area contributed by atoms with Gasteiger partial charge in [-0.25, -0.2) is 9.97 Å². The average Bonchev–Trinajstić information content (AvgIpc) is 2.94. The molecule has 1 saturated heterocycles. The van der Waals surface area contributed by atoms with Gasteiger partial charge in [0.1, 0.15) is 17.8 Å². The van der Waals surface area contributed by atoms with Crippen molar-refractivity contribution in [2.45, 2.75) is 25.1 Å². The molecule has 0 aromatic carbocycles. The smallest absolute Gasteiger partial charge is 0.383 e. The first-order valence-corrected chi connectivity index (χ1v) is 6.74. The van der Waals surface area contributed by atoms with E-state index in [1.807, 2.05) is 0 Å². The highest BCUT2D eigenvalue weighted by Crippen LogP contribution is 2.33. The molecule has 2 unspecified atom stereocenters. The highest BCUT2D eigenvalue weighted by atomic mass is 19.4. The molecule has 2 atom stereocenters. The Kier molecular flexibility index (Phi) is 3.48. The quantitative estimate of drug-likeness (QED) is 0.891. The first kappa shape index (κ1) is 14.1. The molecule has 2 aromatic heterocycles. The Labute approximate surface area is 118 Å². The SMILES string of the molecule is OC(C1CCCN(c2ncnc3[nH]ccc23)C1)C(F)(F)F. The zero-order chi connectivity index (χ0) is 15.0. The Morgan fingerprint density at radius 2 is 2.19 bits per heavy atom. The fourth-order valence-corrected chi connectivity index (χ4v) is 2.84. The molecule has 2 N–H and O–H groups in total. The number of anilines is 1. The lowest BCUT2D eigenvalue weighted by atomic mass is 9.92. The summed E-state index contributed by atoms with van der Waals surface area (Å²) < 4.78 is 38.0. The van der Waals surface area contributed by atoms with Crippen molar-refractivity contribution in [3.05, 3.63) is 18.6 Å². The summed E-state index contributed by atoms with van der Waals surface area (Å²) in [7, 11) is 0. The van der Waals surface area contributed by atoms with Gasteiger partial charge in [0.05, 0.1) is 5.39 Å². The van der Waals surface area contributed by atoms with E-state index < -0.39 is 18.2 Å².